The van der Waals surface area contributed by atoms with Crippen molar-refractivity contribution in [3.05, 3.63) is 30.1 Å². The molecule has 0 aromatic carbocycles. The monoisotopic (exact) mass is 310 g/mol. The molecule has 0 bridgehead atoms. The fourth-order valence-electron chi connectivity index (χ4n) is 1.85. The summed E-state index contributed by atoms with van der Waals surface area (Å²) in [6.45, 7) is 1.71. The van der Waals surface area contributed by atoms with Gasteiger partial charge in [0.25, 0.3) is 0 Å². The summed E-state index contributed by atoms with van der Waals surface area (Å²) in [5.74, 6) is -0.932. The van der Waals surface area contributed by atoms with E-state index in [1.165, 1.54) is 18.0 Å². The third kappa shape index (κ3) is 2.43. The van der Waals surface area contributed by atoms with E-state index in [1.807, 2.05) is 0 Å². The number of ether oxygens (including phenoxy) is 1. The lowest BCUT2D eigenvalue weighted by Gasteiger charge is -2.07. The number of nitrogens with zero attached hydrogens (tertiary/aromatic N) is 6. The van der Waals surface area contributed by atoms with Crippen LogP contribution >= 0.6 is 0 Å². The first kappa shape index (κ1) is 14.2. The maximum atomic E-state index is 12.7. The number of alkyl halides is 3. The third-order valence-corrected chi connectivity index (χ3v) is 2.79. The van der Waals surface area contributed by atoms with Crippen LogP contribution < -0.4 is 4.74 Å². The summed E-state index contributed by atoms with van der Waals surface area (Å²) in [5, 5.41) is 0. The van der Waals surface area contributed by atoms with Gasteiger partial charge in [-0.1, -0.05) is 0 Å². The zero-order chi connectivity index (χ0) is 15.9. The SMILES string of the molecule is COc1nc(C)cc(-n2cnc3cnc(C(F)(F)F)nc32)n1. The summed E-state index contributed by atoms with van der Waals surface area (Å²) in [7, 11) is 1.40. The molecule has 22 heavy (non-hydrogen) atoms. The van der Waals surface area contributed by atoms with E-state index < -0.39 is 12.0 Å². The van der Waals surface area contributed by atoms with Crippen molar-refractivity contribution in [2.75, 3.05) is 7.11 Å². The molecule has 3 rings (SSSR count). The average Bonchev–Trinajstić information content (AvgIpc) is 2.88. The molecule has 0 amide bonds. The van der Waals surface area contributed by atoms with E-state index in [9.17, 15) is 13.2 Å². The van der Waals surface area contributed by atoms with Crippen LogP contribution in [0.25, 0.3) is 17.0 Å². The lowest BCUT2D eigenvalue weighted by atomic mass is 10.4. The highest BCUT2D eigenvalue weighted by molar-refractivity contribution is 5.71. The third-order valence-electron chi connectivity index (χ3n) is 2.79. The first-order valence-electron chi connectivity index (χ1n) is 6.06. The van der Waals surface area contributed by atoms with Crippen LogP contribution in [0.4, 0.5) is 13.2 Å². The minimum Gasteiger partial charge on any atom is -0.467 e. The van der Waals surface area contributed by atoms with Gasteiger partial charge in [-0.2, -0.15) is 18.2 Å². The predicted molar refractivity (Wildman–Crippen MR) is 68.5 cm³/mol. The van der Waals surface area contributed by atoms with Crippen molar-refractivity contribution >= 4 is 11.2 Å². The molecular weight excluding hydrogens is 301 g/mol. The van der Waals surface area contributed by atoms with Crippen LogP contribution in [0.15, 0.2) is 18.6 Å². The van der Waals surface area contributed by atoms with E-state index in [2.05, 4.69) is 24.9 Å². The molecule has 0 N–H and O–H groups in total. The maximum Gasteiger partial charge on any atom is 0.451 e. The molecule has 0 atom stereocenters. The Balaban J connectivity index is 2.21. The van der Waals surface area contributed by atoms with Crippen LogP contribution in [0.3, 0.4) is 0 Å². The van der Waals surface area contributed by atoms with E-state index in [-0.39, 0.29) is 17.2 Å². The normalized spacial score (nSPS) is 11.9. The van der Waals surface area contributed by atoms with Gasteiger partial charge < -0.3 is 4.74 Å². The van der Waals surface area contributed by atoms with Gasteiger partial charge in [0, 0.05) is 11.8 Å². The topological polar surface area (TPSA) is 78.6 Å². The smallest absolute Gasteiger partial charge is 0.451 e. The molecule has 10 heteroatoms. The maximum absolute atomic E-state index is 12.7. The molecule has 0 unspecified atom stereocenters. The van der Waals surface area contributed by atoms with Gasteiger partial charge in [0.2, 0.25) is 5.82 Å². The molecule has 3 aromatic rings. The highest BCUT2D eigenvalue weighted by Crippen LogP contribution is 2.27. The second kappa shape index (κ2) is 4.90. The van der Waals surface area contributed by atoms with E-state index in [0.717, 1.165) is 6.20 Å². The second-order valence-corrected chi connectivity index (χ2v) is 4.37. The Kier molecular flexibility index (Phi) is 3.15. The number of imidazole rings is 1. The molecule has 0 saturated heterocycles. The first-order chi connectivity index (χ1) is 10.4. The van der Waals surface area contributed by atoms with Gasteiger partial charge in [0.1, 0.15) is 17.7 Å². The van der Waals surface area contributed by atoms with Crippen LogP contribution in [0, 0.1) is 6.92 Å². The van der Waals surface area contributed by atoms with Crippen molar-refractivity contribution < 1.29 is 17.9 Å². The number of rotatable bonds is 2. The Hall–Kier alpha value is -2.78. The van der Waals surface area contributed by atoms with Crippen molar-refractivity contribution in [2.24, 2.45) is 0 Å². The largest absolute Gasteiger partial charge is 0.467 e. The van der Waals surface area contributed by atoms with Gasteiger partial charge in [0.05, 0.1) is 13.3 Å². The Labute approximate surface area is 121 Å². The molecule has 0 saturated carbocycles. The number of hydrogen-bond donors (Lipinski definition) is 0. The molecule has 0 aliphatic heterocycles. The van der Waals surface area contributed by atoms with Crippen molar-refractivity contribution in [3.8, 4) is 11.8 Å². The Morgan fingerprint density at radius 2 is 1.91 bits per heavy atom. The molecule has 0 aliphatic rings. The average molecular weight is 310 g/mol. The zero-order valence-electron chi connectivity index (χ0n) is 11.5. The molecule has 0 spiro atoms. The molecule has 0 aliphatic carbocycles. The van der Waals surface area contributed by atoms with Gasteiger partial charge in [0.15, 0.2) is 5.65 Å². The fraction of sp³-hybridized carbons (Fsp3) is 0.250. The van der Waals surface area contributed by atoms with Gasteiger partial charge >= 0.3 is 12.2 Å². The number of halogens is 3. The van der Waals surface area contributed by atoms with Crippen LogP contribution in [0.2, 0.25) is 0 Å². The van der Waals surface area contributed by atoms with Crippen LogP contribution in [0.5, 0.6) is 6.01 Å². The summed E-state index contributed by atoms with van der Waals surface area (Å²) < 4.78 is 44.5. The second-order valence-electron chi connectivity index (χ2n) is 4.37. The summed E-state index contributed by atoms with van der Waals surface area (Å²) in [4.78, 5) is 18.9. The molecule has 0 radical (unpaired) electrons. The molecule has 3 aromatic heterocycles. The van der Waals surface area contributed by atoms with Crippen molar-refractivity contribution in [3.63, 3.8) is 0 Å². The number of hydrogen-bond acceptors (Lipinski definition) is 6. The van der Waals surface area contributed by atoms with E-state index in [0.29, 0.717) is 11.5 Å². The Bertz CT molecular complexity index is 844. The van der Waals surface area contributed by atoms with Gasteiger partial charge in [-0.15, -0.1) is 0 Å². The number of aromatic nitrogens is 6. The molecular formula is C12H9F3N6O. The summed E-state index contributed by atoms with van der Waals surface area (Å²) >= 11 is 0. The van der Waals surface area contributed by atoms with Crippen molar-refractivity contribution in [1.82, 2.24) is 29.5 Å². The lowest BCUT2D eigenvalue weighted by molar-refractivity contribution is -0.144. The summed E-state index contributed by atoms with van der Waals surface area (Å²) in [5.41, 5.74) is 0.819. The number of aryl methyl sites for hydroxylation is 1. The Morgan fingerprint density at radius 1 is 1.14 bits per heavy atom. The Morgan fingerprint density at radius 3 is 2.59 bits per heavy atom. The quantitative estimate of drug-likeness (QED) is 0.720. The molecule has 3 heterocycles. The molecule has 114 valence electrons. The van der Waals surface area contributed by atoms with Crippen LogP contribution in [0.1, 0.15) is 11.5 Å². The number of methoxy groups -OCH3 is 1. The van der Waals surface area contributed by atoms with Gasteiger partial charge in [-0.05, 0) is 6.92 Å². The lowest BCUT2D eigenvalue weighted by Crippen LogP contribution is -2.11. The minimum atomic E-state index is -4.64. The van der Waals surface area contributed by atoms with E-state index >= 15 is 0 Å². The first-order valence-corrected chi connectivity index (χ1v) is 6.06. The fourth-order valence-corrected chi connectivity index (χ4v) is 1.85. The van der Waals surface area contributed by atoms with Crippen LogP contribution in [-0.4, -0.2) is 36.6 Å². The summed E-state index contributed by atoms with van der Waals surface area (Å²) in [6, 6.07) is 1.68. The van der Waals surface area contributed by atoms with E-state index in [4.69, 9.17) is 4.74 Å². The van der Waals surface area contributed by atoms with Gasteiger partial charge in [-0.3, -0.25) is 4.57 Å². The number of fused-ring (bicyclic) bond motifs is 1. The summed E-state index contributed by atoms with van der Waals surface area (Å²) in [6.07, 6.45) is -2.30. The van der Waals surface area contributed by atoms with Gasteiger partial charge in [-0.25, -0.2) is 19.9 Å². The highest BCUT2D eigenvalue weighted by atomic mass is 19.4. The molecule has 7 nitrogen and oxygen atoms in total. The van der Waals surface area contributed by atoms with E-state index in [1.54, 1.807) is 13.0 Å². The molecule has 0 fully saturated rings. The zero-order valence-corrected chi connectivity index (χ0v) is 11.5. The predicted octanol–water partition coefficient (Wildman–Crippen LogP) is 1.94. The van der Waals surface area contributed by atoms with Crippen LogP contribution in [-0.2, 0) is 6.18 Å². The minimum absolute atomic E-state index is 0.00229. The van der Waals surface area contributed by atoms with Crippen molar-refractivity contribution in [1.29, 1.82) is 0 Å². The standard InChI is InChI=1S/C12H9F3N6O/c1-6-3-8(19-11(18-6)22-2)21-5-17-7-4-16-10(12(13,14)15)20-9(7)21/h3-5H,1-2H3. The van der Waals surface area contributed by atoms with Crippen molar-refractivity contribution in [2.45, 2.75) is 13.1 Å². The highest BCUT2D eigenvalue weighted by Gasteiger charge is 2.35.